The zero-order chi connectivity index (χ0) is 14.1. The molecular formula is C14H10Cl2N4. The summed E-state index contributed by atoms with van der Waals surface area (Å²) < 4.78 is 0. The van der Waals surface area contributed by atoms with E-state index in [4.69, 9.17) is 23.2 Å². The van der Waals surface area contributed by atoms with Gasteiger partial charge in [-0.1, -0.05) is 23.2 Å². The van der Waals surface area contributed by atoms with Gasteiger partial charge < -0.3 is 5.32 Å². The van der Waals surface area contributed by atoms with Crippen LogP contribution in [0.25, 0.3) is 10.9 Å². The molecule has 0 fully saturated rings. The van der Waals surface area contributed by atoms with Crippen molar-refractivity contribution in [1.29, 1.82) is 0 Å². The van der Waals surface area contributed by atoms with Gasteiger partial charge in [0.15, 0.2) is 0 Å². The SMILES string of the molecule is Cc1c(Cl)ncnc1Nc1ccc(Cl)c2cccnc12. The van der Waals surface area contributed by atoms with E-state index < -0.39 is 0 Å². The molecule has 3 rings (SSSR count). The van der Waals surface area contributed by atoms with Crippen molar-refractivity contribution in [3.8, 4) is 0 Å². The maximum atomic E-state index is 6.17. The average molecular weight is 305 g/mol. The number of benzene rings is 1. The number of anilines is 2. The Hall–Kier alpha value is -1.91. The lowest BCUT2D eigenvalue weighted by molar-refractivity contribution is 1.13. The summed E-state index contributed by atoms with van der Waals surface area (Å²) in [5.74, 6) is 0.652. The summed E-state index contributed by atoms with van der Waals surface area (Å²) in [7, 11) is 0. The smallest absolute Gasteiger partial charge is 0.138 e. The summed E-state index contributed by atoms with van der Waals surface area (Å²) in [4.78, 5) is 12.5. The molecule has 0 saturated heterocycles. The van der Waals surface area contributed by atoms with Crippen molar-refractivity contribution in [2.45, 2.75) is 6.92 Å². The molecule has 0 bridgehead atoms. The Kier molecular flexibility index (Phi) is 3.42. The zero-order valence-corrected chi connectivity index (χ0v) is 12.1. The predicted molar refractivity (Wildman–Crippen MR) is 81.8 cm³/mol. The lowest BCUT2D eigenvalue weighted by Crippen LogP contribution is -1.99. The van der Waals surface area contributed by atoms with Crippen molar-refractivity contribution >= 4 is 45.6 Å². The van der Waals surface area contributed by atoms with Gasteiger partial charge in [0.25, 0.3) is 0 Å². The summed E-state index contributed by atoms with van der Waals surface area (Å²) in [6.45, 7) is 1.86. The van der Waals surface area contributed by atoms with Crippen molar-refractivity contribution in [3.63, 3.8) is 0 Å². The van der Waals surface area contributed by atoms with E-state index in [1.54, 1.807) is 6.20 Å². The van der Waals surface area contributed by atoms with E-state index in [9.17, 15) is 0 Å². The number of hydrogen-bond acceptors (Lipinski definition) is 4. The first kappa shape index (κ1) is 13.1. The molecule has 1 aromatic carbocycles. The Morgan fingerprint density at radius 1 is 1.05 bits per heavy atom. The molecule has 0 aliphatic carbocycles. The molecule has 3 aromatic rings. The highest BCUT2D eigenvalue weighted by Crippen LogP contribution is 2.30. The molecule has 0 spiro atoms. The van der Waals surface area contributed by atoms with Crippen LogP contribution in [0.5, 0.6) is 0 Å². The van der Waals surface area contributed by atoms with Crippen molar-refractivity contribution in [1.82, 2.24) is 15.0 Å². The highest BCUT2D eigenvalue weighted by molar-refractivity contribution is 6.35. The van der Waals surface area contributed by atoms with Gasteiger partial charge in [0, 0.05) is 17.1 Å². The van der Waals surface area contributed by atoms with Gasteiger partial charge in [-0.25, -0.2) is 9.97 Å². The number of aromatic nitrogens is 3. The van der Waals surface area contributed by atoms with E-state index in [-0.39, 0.29) is 0 Å². The van der Waals surface area contributed by atoms with E-state index in [0.717, 1.165) is 22.2 Å². The Labute approximate surface area is 125 Å². The highest BCUT2D eigenvalue weighted by atomic mass is 35.5. The van der Waals surface area contributed by atoms with Crippen molar-refractivity contribution in [2.75, 3.05) is 5.32 Å². The standard InChI is InChI=1S/C14H10Cl2N4/c1-8-13(16)18-7-19-14(8)20-11-5-4-10(15)9-3-2-6-17-12(9)11/h2-7H,1H3,(H,18,19,20). The van der Waals surface area contributed by atoms with Gasteiger partial charge >= 0.3 is 0 Å². The first-order chi connectivity index (χ1) is 9.66. The van der Waals surface area contributed by atoms with Gasteiger partial charge in [-0.3, -0.25) is 4.98 Å². The molecule has 6 heteroatoms. The molecule has 0 atom stereocenters. The van der Waals surface area contributed by atoms with Crippen LogP contribution in [0, 0.1) is 6.92 Å². The monoisotopic (exact) mass is 304 g/mol. The third-order valence-corrected chi connectivity index (χ3v) is 3.70. The molecular weight excluding hydrogens is 295 g/mol. The second kappa shape index (κ2) is 5.23. The van der Waals surface area contributed by atoms with Crippen LogP contribution in [0.1, 0.15) is 5.56 Å². The number of hydrogen-bond donors (Lipinski definition) is 1. The Morgan fingerprint density at radius 2 is 1.90 bits per heavy atom. The number of halogens is 2. The fourth-order valence-corrected chi connectivity index (χ4v) is 2.27. The second-order valence-electron chi connectivity index (χ2n) is 4.26. The number of pyridine rings is 1. The molecule has 0 saturated carbocycles. The van der Waals surface area contributed by atoms with Crippen LogP contribution in [0.2, 0.25) is 10.2 Å². The van der Waals surface area contributed by atoms with Crippen LogP contribution >= 0.6 is 23.2 Å². The van der Waals surface area contributed by atoms with E-state index in [2.05, 4.69) is 20.3 Å². The van der Waals surface area contributed by atoms with Crippen molar-refractivity contribution < 1.29 is 0 Å². The first-order valence-corrected chi connectivity index (χ1v) is 6.70. The normalized spacial score (nSPS) is 10.8. The molecule has 0 radical (unpaired) electrons. The first-order valence-electron chi connectivity index (χ1n) is 5.94. The van der Waals surface area contributed by atoms with Crippen molar-refractivity contribution in [3.05, 3.63) is 52.5 Å². The second-order valence-corrected chi connectivity index (χ2v) is 5.02. The minimum absolute atomic E-state index is 0.425. The lowest BCUT2D eigenvalue weighted by Gasteiger charge is -2.11. The fourth-order valence-electron chi connectivity index (χ4n) is 1.92. The van der Waals surface area contributed by atoms with E-state index in [0.29, 0.717) is 16.0 Å². The topological polar surface area (TPSA) is 50.7 Å². The van der Waals surface area contributed by atoms with Crippen LogP contribution in [0.3, 0.4) is 0 Å². The number of fused-ring (bicyclic) bond motifs is 1. The predicted octanol–water partition coefficient (Wildman–Crippen LogP) is 4.38. The molecule has 0 amide bonds. The minimum atomic E-state index is 0.425. The maximum absolute atomic E-state index is 6.17. The Bertz CT molecular complexity index is 789. The lowest BCUT2D eigenvalue weighted by atomic mass is 10.2. The number of rotatable bonds is 2. The van der Waals surface area contributed by atoms with E-state index in [1.807, 2.05) is 31.2 Å². The maximum Gasteiger partial charge on any atom is 0.138 e. The van der Waals surface area contributed by atoms with Crippen LogP contribution < -0.4 is 5.32 Å². The Balaban J connectivity index is 2.12. The van der Waals surface area contributed by atoms with Gasteiger partial charge in [0.1, 0.15) is 17.3 Å². The van der Waals surface area contributed by atoms with Gasteiger partial charge in [0.2, 0.25) is 0 Å². The molecule has 20 heavy (non-hydrogen) atoms. The van der Waals surface area contributed by atoms with Crippen LogP contribution in [-0.2, 0) is 0 Å². The number of nitrogens with one attached hydrogen (secondary N) is 1. The summed E-state index contributed by atoms with van der Waals surface area (Å²) in [5, 5.41) is 5.20. The number of nitrogens with zero attached hydrogens (tertiary/aromatic N) is 3. The minimum Gasteiger partial charge on any atom is -0.338 e. The summed E-state index contributed by atoms with van der Waals surface area (Å²) in [6.07, 6.45) is 3.15. The average Bonchev–Trinajstić information content (AvgIpc) is 2.47. The molecule has 2 aromatic heterocycles. The van der Waals surface area contributed by atoms with Gasteiger partial charge in [-0.15, -0.1) is 0 Å². The van der Waals surface area contributed by atoms with Gasteiger partial charge in [-0.05, 0) is 31.2 Å². The fraction of sp³-hybridized carbons (Fsp3) is 0.0714. The van der Waals surface area contributed by atoms with Gasteiger partial charge in [-0.2, -0.15) is 0 Å². The van der Waals surface area contributed by atoms with Crippen LogP contribution in [0.15, 0.2) is 36.8 Å². The molecule has 0 aliphatic rings. The van der Waals surface area contributed by atoms with Crippen LogP contribution in [-0.4, -0.2) is 15.0 Å². The summed E-state index contributed by atoms with van der Waals surface area (Å²) in [5.41, 5.74) is 2.39. The molecule has 0 unspecified atom stereocenters. The van der Waals surface area contributed by atoms with Crippen LogP contribution in [0.4, 0.5) is 11.5 Å². The van der Waals surface area contributed by atoms with E-state index in [1.165, 1.54) is 6.33 Å². The van der Waals surface area contributed by atoms with Gasteiger partial charge in [0.05, 0.1) is 16.2 Å². The highest BCUT2D eigenvalue weighted by Gasteiger charge is 2.09. The van der Waals surface area contributed by atoms with E-state index >= 15 is 0 Å². The summed E-state index contributed by atoms with van der Waals surface area (Å²) in [6, 6.07) is 7.47. The molecule has 2 heterocycles. The third-order valence-electron chi connectivity index (χ3n) is 2.99. The van der Waals surface area contributed by atoms with Crippen molar-refractivity contribution in [2.24, 2.45) is 0 Å². The largest absolute Gasteiger partial charge is 0.338 e. The molecule has 100 valence electrons. The Morgan fingerprint density at radius 3 is 2.75 bits per heavy atom. The quantitative estimate of drug-likeness (QED) is 0.714. The summed E-state index contributed by atoms with van der Waals surface area (Å²) >= 11 is 12.2. The molecule has 0 aliphatic heterocycles. The molecule has 4 nitrogen and oxygen atoms in total. The third kappa shape index (κ3) is 2.28. The molecule has 1 N–H and O–H groups in total. The zero-order valence-electron chi connectivity index (χ0n) is 10.6.